The number of aryl methyl sites for hydroxylation is 1. The highest BCUT2D eigenvalue weighted by Gasteiger charge is 2.21. The summed E-state index contributed by atoms with van der Waals surface area (Å²) >= 11 is 0. The highest BCUT2D eigenvalue weighted by Crippen LogP contribution is 2.41. The number of hydrogen-bond donors (Lipinski definition) is 0. The standard InChI is InChI=1S/C31H27NO4/c1-22-30(25-13-15-26(33-2)16-14-25)31(36-32-22)28-18-17-27(34-20-23-9-5-3-6-10-23)19-29(28)35-21-24-11-7-4-8-12-24/h3-19H,20-21H2,1-2H3. The molecule has 36 heavy (non-hydrogen) atoms. The molecule has 1 aromatic heterocycles. The minimum atomic E-state index is 0.418. The van der Waals surface area contributed by atoms with Gasteiger partial charge >= 0.3 is 0 Å². The van der Waals surface area contributed by atoms with Crippen LogP contribution in [0.3, 0.4) is 0 Å². The molecule has 0 atom stereocenters. The van der Waals surface area contributed by atoms with Crippen molar-refractivity contribution in [2.75, 3.05) is 7.11 Å². The summed E-state index contributed by atoms with van der Waals surface area (Å²) in [6.45, 7) is 2.83. The number of rotatable bonds is 9. The van der Waals surface area contributed by atoms with Crippen LogP contribution in [0.5, 0.6) is 17.2 Å². The molecule has 5 heteroatoms. The van der Waals surface area contributed by atoms with E-state index < -0.39 is 0 Å². The summed E-state index contributed by atoms with van der Waals surface area (Å²) in [6, 6.07) is 33.8. The van der Waals surface area contributed by atoms with Crippen LogP contribution in [0.2, 0.25) is 0 Å². The molecular weight excluding hydrogens is 450 g/mol. The Bertz CT molecular complexity index is 1410. The average molecular weight is 478 g/mol. The number of ether oxygens (including phenoxy) is 3. The fourth-order valence-corrected chi connectivity index (χ4v) is 4.03. The maximum Gasteiger partial charge on any atom is 0.178 e. The summed E-state index contributed by atoms with van der Waals surface area (Å²) in [6.07, 6.45) is 0. The van der Waals surface area contributed by atoms with Crippen LogP contribution in [0.25, 0.3) is 22.5 Å². The second kappa shape index (κ2) is 10.8. The van der Waals surface area contributed by atoms with Gasteiger partial charge in [0.1, 0.15) is 30.5 Å². The van der Waals surface area contributed by atoms with Crippen molar-refractivity contribution in [1.82, 2.24) is 5.16 Å². The second-order valence-electron chi connectivity index (χ2n) is 8.41. The predicted octanol–water partition coefficient (Wildman–Crippen LogP) is 7.48. The van der Waals surface area contributed by atoms with Gasteiger partial charge in [0, 0.05) is 6.07 Å². The van der Waals surface area contributed by atoms with Crippen LogP contribution in [-0.2, 0) is 13.2 Å². The predicted molar refractivity (Wildman–Crippen MR) is 140 cm³/mol. The van der Waals surface area contributed by atoms with Gasteiger partial charge in [0.15, 0.2) is 5.76 Å². The van der Waals surface area contributed by atoms with Gasteiger partial charge in [-0.1, -0.05) is 78.0 Å². The lowest BCUT2D eigenvalue weighted by Gasteiger charge is -2.14. The lowest BCUT2D eigenvalue weighted by molar-refractivity contribution is 0.290. The zero-order chi connectivity index (χ0) is 24.7. The molecule has 0 bridgehead atoms. The summed E-state index contributed by atoms with van der Waals surface area (Å²) in [5, 5.41) is 4.28. The van der Waals surface area contributed by atoms with E-state index in [0.717, 1.165) is 39.3 Å². The van der Waals surface area contributed by atoms with Gasteiger partial charge in [-0.25, -0.2) is 0 Å². The molecule has 4 aromatic carbocycles. The minimum Gasteiger partial charge on any atom is -0.497 e. The second-order valence-corrected chi connectivity index (χ2v) is 8.41. The Hall–Kier alpha value is -4.51. The summed E-state index contributed by atoms with van der Waals surface area (Å²) in [5.41, 5.74) is 5.69. The van der Waals surface area contributed by atoms with Gasteiger partial charge in [-0.3, -0.25) is 0 Å². The highest BCUT2D eigenvalue weighted by molar-refractivity contribution is 5.84. The maximum atomic E-state index is 6.32. The lowest BCUT2D eigenvalue weighted by Crippen LogP contribution is -1.99. The van der Waals surface area contributed by atoms with Crippen LogP contribution in [-0.4, -0.2) is 12.3 Å². The van der Waals surface area contributed by atoms with E-state index in [1.165, 1.54) is 0 Å². The van der Waals surface area contributed by atoms with E-state index in [1.54, 1.807) is 7.11 Å². The molecule has 0 fully saturated rings. The largest absolute Gasteiger partial charge is 0.497 e. The topological polar surface area (TPSA) is 53.7 Å². The SMILES string of the molecule is COc1ccc(-c2c(C)noc2-c2ccc(OCc3ccccc3)cc2OCc2ccccc2)cc1. The van der Waals surface area contributed by atoms with E-state index in [0.29, 0.717) is 30.5 Å². The summed E-state index contributed by atoms with van der Waals surface area (Å²) in [7, 11) is 1.66. The Morgan fingerprint density at radius 2 is 1.31 bits per heavy atom. The third-order valence-corrected chi connectivity index (χ3v) is 5.92. The molecule has 0 N–H and O–H groups in total. The monoisotopic (exact) mass is 477 g/mol. The third-order valence-electron chi connectivity index (χ3n) is 5.92. The summed E-state index contributed by atoms with van der Waals surface area (Å²) in [5.74, 6) is 2.82. The van der Waals surface area contributed by atoms with Crippen molar-refractivity contribution in [1.29, 1.82) is 0 Å². The molecule has 180 valence electrons. The Morgan fingerprint density at radius 1 is 0.694 bits per heavy atom. The normalized spacial score (nSPS) is 10.7. The molecule has 0 saturated heterocycles. The molecule has 5 aromatic rings. The Labute approximate surface area is 210 Å². The van der Waals surface area contributed by atoms with E-state index >= 15 is 0 Å². The van der Waals surface area contributed by atoms with E-state index in [1.807, 2.05) is 110 Å². The third kappa shape index (κ3) is 5.26. The van der Waals surface area contributed by atoms with E-state index in [2.05, 4.69) is 5.16 Å². The molecule has 0 aliphatic rings. The van der Waals surface area contributed by atoms with Crippen LogP contribution >= 0.6 is 0 Å². The van der Waals surface area contributed by atoms with E-state index in [-0.39, 0.29) is 0 Å². The van der Waals surface area contributed by atoms with E-state index in [9.17, 15) is 0 Å². The summed E-state index contributed by atoms with van der Waals surface area (Å²) < 4.78 is 23.6. The maximum absolute atomic E-state index is 6.32. The molecule has 0 unspecified atom stereocenters. The first-order valence-electron chi connectivity index (χ1n) is 11.8. The number of aromatic nitrogens is 1. The van der Waals surface area contributed by atoms with Crippen LogP contribution in [0.4, 0.5) is 0 Å². The van der Waals surface area contributed by atoms with Gasteiger partial charge in [-0.05, 0) is 47.9 Å². The van der Waals surface area contributed by atoms with Crippen molar-refractivity contribution in [3.8, 4) is 39.7 Å². The van der Waals surface area contributed by atoms with Crippen LogP contribution in [0.1, 0.15) is 16.8 Å². The molecule has 0 saturated carbocycles. The molecular formula is C31H27NO4. The fourth-order valence-electron chi connectivity index (χ4n) is 4.03. The first kappa shape index (κ1) is 23.2. The molecule has 0 aliphatic carbocycles. The van der Waals surface area contributed by atoms with Gasteiger partial charge < -0.3 is 18.7 Å². The van der Waals surface area contributed by atoms with Crippen LogP contribution < -0.4 is 14.2 Å². The van der Waals surface area contributed by atoms with Crippen molar-refractivity contribution in [2.45, 2.75) is 20.1 Å². The zero-order valence-electron chi connectivity index (χ0n) is 20.3. The van der Waals surface area contributed by atoms with Gasteiger partial charge in [0.05, 0.1) is 23.9 Å². The van der Waals surface area contributed by atoms with E-state index in [4.69, 9.17) is 18.7 Å². The first-order chi connectivity index (χ1) is 17.7. The number of benzene rings is 4. The minimum absolute atomic E-state index is 0.418. The zero-order valence-corrected chi connectivity index (χ0v) is 20.3. The van der Waals surface area contributed by atoms with Crippen molar-refractivity contribution in [3.63, 3.8) is 0 Å². The lowest BCUT2D eigenvalue weighted by atomic mass is 9.99. The van der Waals surface area contributed by atoms with Crippen molar-refractivity contribution < 1.29 is 18.7 Å². The number of methoxy groups -OCH3 is 1. The molecule has 1 heterocycles. The van der Waals surface area contributed by atoms with Gasteiger partial charge in [-0.2, -0.15) is 0 Å². The van der Waals surface area contributed by atoms with Crippen LogP contribution in [0.15, 0.2) is 108 Å². The first-order valence-corrected chi connectivity index (χ1v) is 11.8. The molecule has 0 amide bonds. The van der Waals surface area contributed by atoms with Gasteiger partial charge in [0.2, 0.25) is 0 Å². The smallest absolute Gasteiger partial charge is 0.178 e. The van der Waals surface area contributed by atoms with Gasteiger partial charge in [-0.15, -0.1) is 0 Å². The Morgan fingerprint density at radius 3 is 1.94 bits per heavy atom. The van der Waals surface area contributed by atoms with Gasteiger partial charge in [0.25, 0.3) is 0 Å². The average Bonchev–Trinajstić information content (AvgIpc) is 3.33. The summed E-state index contributed by atoms with van der Waals surface area (Å²) in [4.78, 5) is 0. The van der Waals surface area contributed by atoms with Crippen molar-refractivity contribution in [2.24, 2.45) is 0 Å². The fraction of sp³-hybridized carbons (Fsp3) is 0.129. The Kier molecular flexibility index (Phi) is 6.99. The molecule has 5 rings (SSSR count). The quantitative estimate of drug-likeness (QED) is 0.220. The number of hydrogen-bond acceptors (Lipinski definition) is 5. The molecule has 5 nitrogen and oxygen atoms in total. The van der Waals surface area contributed by atoms with Crippen molar-refractivity contribution >= 4 is 0 Å². The molecule has 0 spiro atoms. The van der Waals surface area contributed by atoms with Crippen LogP contribution in [0, 0.1) is 6.92 Å². The number of nitrogens with zero attached hydrogens (tertiary/aromatic N) is 1. The molecule has 0 aliphatic heterocycles. The highest BCUT2D eigenvalue weighted by atomic mass is 16.5. The molecule has 0 radical (unpaired) electrons. The van der Waals surface area contributed by atoms with Crippen molar-refractivity contribution in [3.05, 3.63) is 120 Å². The Balaban J connectivity index is 1.50.